The average molecular weight is 202 g/mol. The Hall–Kier alpha value is -1.10. The monoisotopic (exact) mass is 202 g/mol. The molecule has 1 amide bonds. The Bertz CT molecular complexity index is 204. The zero-order chi connectivity index (χ0) is 11.1. The number of aliphatic carboxylic acids is 1. The molecule has 82 valence electrons. The van der Waals surface area contributed by atoms with Gasteiger partial charge in [0, 0.05) is 6.04 Å². The Kier molecular flexibility index (Phi) is 5.87. The summed E-state index contributed by atoms with van der Waals surface area (Å²) in [4.78, 5) is 21.3. The van der Waals surface area contributed by atoms with Crippen molar-refractivity contribution in [3.63, 3.8) is 0 Å². The summed E-state index contributed by atoms with van der Waals surface area (Å²) in [6.07, 6.45) is 0. The van der Waals surface area contributed by atoms with Gasteiger partial charge in [-0.05, 0) is 12.8 Å². The van der Waals surface area contributed by atoms with E-state index in [1.165, 1.54) is 0 Å². The number of hydrogen-bond donors (Lipinski definition) is 3. The highest BCUT2D eigenvalue weighted by molar-refractivity contribution is 5.79. The van der Waals surface area contributed by atoms with Crippen LogP contribution in [0.15, 0.2) is 0 Å². The van der Waals surface area contributed by atoms with E-state index in [0.29, 0.717) is 5.92 Å². The topological polar surface area (TPSA) is 78.4 Å². The molecule has 0 aliphatic heterocycles. The molecule has 0 rings (SSSR count). The number of carbonyl (C=O) groups is 2. The third-order valence-electron chi connectivity index (χ3n) is 1.95. The van der Waals surface area contributed by atoms with Gasteiger partial charge in [0.2, 0.25) is 5.91 Å². The summed E-state index contributed by atoms with van der Waals surface area (Å²) in [7, 11) is 0. The van der Waals surface area contributed by atoms with Crippen molar-refractivity contribution in [2.45, 2.75) is 26.8 Å². The van der Waals surface area contributed by atoms with Gasteiger partial charge in [-0.1, -0.05) is 13.8 Å². The second kappa shape index (κ2) is 6.37. The van der Waals surface area contributed by atoms with Gasteiger partial charge in [-0.25, -0.2) is 0 Å². The molecular formula is C9H18N2O3. The molecule has 5 nitrogen and oxygen atoms in total. The number of hydrogen-bond acceptors (Lipinski definition) is 3. The fraction of sp³-hybridized carbons (Fsp3) is 0.778. The van der Waals surface area contributed by atoms with Crippen LogP contribution in [0.5, 0.6) is 0 Å². The predicted octanol–water partition coefficient (Wildman–Crippen LogP) is -0.179. The Balaban J connectivity index is 3.60. The molecule has 0 saturated carbocycles. The standard InChI is InChI=1S/C9H18N2O3/c1-6(2)7(3)11-8(12)4-10-5-9(13)14/h6-7,10H,4-5H2,1-3H3,(H,11,12)(H,13,14). The normalized spacial score (nSPS) is 12.6. The van der Waals surface area contributed by atoms with Crippen LogP contribution in [-0.4, -0.2) is 36.1 Å². The Morgan fingerprint density at radius 3 is 2.21 bits per heavy atom. The molecule has 0 radical (unpaired) electrons. The van der Waals surface area contributed by atoms with Gasteiger partial charge in [-0.15, -0.1) is 0 Å². The minimum Gasteiger partial charge on any atom is -0.480 e. The maximum Gasteiger partial charge on any atom is 0.317 e. The van der Waals surface area contributed by atoms with E-state index in [1.54, 1.807) is 0 Å². The molecule has 0 spiro atoms. The summed E-state index contributed by atoms with van der Waals surface area (Å²) in [5, 5.41) is 13.6. The van der Waals surface area contributed by atoms with Crippen LogP contribution in [0.3, 0.4) is 0 Å². The lowest BCUT2D eigenvalue weighted by atomic mass is 10.1. The first kappa shape index (κ1) is 12.9. The molecule has 5 heteroatoms. The number of carboxylic acids is 1. The zero-order valence-corrected chi connectivity index (χ0v) is 8.83. The van der Waals surface area contributed by atoms with Gasteiger partial charge in [-0.3, -0.25) is 14.9 Å². The number of carbonyl (C=O) groups excluding carboxylic acids is 1. The summed E-state index contributed by atoms with van der Waals surface area (Å²) in [5.41, 5.74) is 0. The number of nitrogens with one attached hydrogen (secondary N) is 2. The molecule has 0 aliphatic rings. The minimum atomic E-state index is -0.963. The summed E-state index contributed by atoms with van der Waals surface area (Å²) >= 11 is 0. The molecule has 0 aliphatic carbocycles. The number of carboxylic acid groups (broad SMARTS) is 1. The van der Waals surface area contributed by atoms with Crippen LogP contribution in [0.4, 0.5) is 0 Å². The molecule has 1 unspecified atom stereocenters. The first-order valence-corrected chi connectivity index (χ1v) is 4.65. The van der Waals surface area contributed by atoms with Crippen molar-refractivity contribution in [1.29, 1.82) is 0 Å². The lowest BCUT2D eigenvalue weighted by Gasteiger charge is -2.17. The summed E-state index contributed by atoms with van der Waals surface area (Å²) < 4.78 is 0. The zero-order valence-electron chi connectivity index (χ0n) is 8.83. The molecule has 14 heavy (non-hydrogen) atoms. The molecular weight excluding hydrogens is 184 g/mol. The molecule has 0 fully saturated rings. The van der Waals surface area contributed by atoms with Crippen LogP contribution in [0.1, 0.15) is 20.8 Å². The highest BCUT2D eigenvalue weighted by atomic mass is 16.4. The van der Waals surface area contributed by atoms with Crippen LogP contribution in [0, 0.1) is 5.92 Å². The number of amides is 1. The van der Waals surface area contributed by atoms with E-state index in [9.17, 15) is 9.59 Å². The van der Waals surface area contributed by atoms with Gasteiger partial charge in [-0.2, -0.15) is 0 Å². The van der Waals surface area contributed by atoms with Crippen molar-refractivity contribution in [2.75, 3.05) is 13.1 Å². The molecule has 0 bridgehead atoms. The van der Waals surface area contributed by atoms with E-state index >= 15 is 0 Å². The number of rotatable bonds is 6. The summed E-state index contributed by atoms with van der Waals surface area (Å²) in [6, 6.07) is 0.106. The lowest BCUT2D eigenvalue weighted by Crippen LogP contribution is -2.42. The summed E-state index contributed by atoms with van der Waals surface area (Å²) in [5.74, 6) is -0.763. The van der Waals surface area contributed by atoms with Crippen LogP contribution in [-0.2, 0) is 9.59 Å². The van der Waals surface area contributed by atoms with Gasteiger partial charge in [0.25, 0.3) is 0 Å². The maximum absolute atomic E-state index is 11.2. The molecule has 0 saturated heterocycles. The van der Waals surface area contributed by atoms with Crippen molar-refractivity contribution >= 4 is 11.9 Å². The first-order chi connectivity index (χ1) is 6.43. The van der Waals surface area contributed by atoms with Crippen LogP contribution in [0.2, 0.25) is 0 Å². The second-order valence-corrected chi connectivity index (χ2v) is 3.60. The van der Waals surface area contributed by atoms with Crippen molar-refractivity contribution in [2.24, 2.45) is 5.92 Å². The van der Waals surface area contributed by atoms with E-state index in [-0.39, 0.29) is 25.0 Å². The summed E-state index contributed by atoms with van der Waals surface area (Å²) in [6.45, 7) is 5.79. The SMILES string of the molecule is CC(C)C(C)NC(=O)CNCC(=O)O. The Morgan fingerprint density at radius 2 is 1.79 bits per heavy atom. The molecule has 1 atom stereocenters. The van der Waals surface area contributed by atoms with Crippen LogP contribution in [0.25, 0.3) is 0 Å². The van der Waals surface area contributed by atoms with Crippen molar-refractivity contribution < 1.29 is 14.7 Å². The molecule has 0 heterocycles. The van der Waals surface area contributed by atoms with Crippen LogP contribution < -0.4 is 10.6 Å². The van der Waals surface area contributed by atoms with Gasteiger partial charge >= 0.3 is 5.97 Å². The predicted molar refractivity (Wildman–Crippen MR) is 52.9 cm³/mol. The van der Waals surface area contributed by atoms with Crippen molar-refractivity contribution in [3.8, 4) is 0 Å². The third kappa shape index (κ3) is 6.42. The molecule has 0 aromatic heterocycles. The highest BCUT2D eigenvalue weighted by Gasteiger charge is 2.10. The smallest absolute Gasteiger partial charge is 0.317 e. The molecule has 0 aromatic carbocycles. The average Bonchev–Trinajstić information content (AvgIpc) is 2.02. The van der Waals surface area contributed by atoms with E-state index in [0.717, 1.165) is 0 Å². The second-order valence-electron chi connectivity index (χ2n) is 3.60. The Labute approximate surface area is 83.9 Å². The first-order valence-electron chi connectivity index (χ1n) is 4.65. The van der Waals surface area contributed by atoms with Gasteiger partial charge in [0.15, 0.2) is 0 Å². The molecule has 0 aromatic rings. The Morgan fingerprint density at radius 1 is 1.21 bits per heavy atom. The highest BCUT2D eigenvalue weighted by Crippen LogP contribution is 1.98. The van der Waals surface area contributed by atoms with Gasteiger partial charge < -0.3 is 10.4 Å². The van der Waals surface area contributed by atoms with Crippen LogP contribution >= 0.6 is 0 Å². The largest absolute Gasteiger partial charge is 0.480 e. The van der Waals surface area contributed by atoms with E-state index in [4.69, 9.17) is 5.11 Å². The third-order valence-corrected chi connectivity index (χ3v) is 1.95. The quantitative estimate of drug-likeness (QED) is 0.558. The van der Waals surface area contributed by atoms with E-state index in [2.05, 4.69) is 10.6 Å². The van der Waals surface area contributed by atoms with Gasteiger partial charge in [0.05, 0.1) is 13.1 Å². The van der Waals surface area contributed by atoms with E-state index < -0.39 is 5.97 Å². The molecule has 3 N–H and O–H groups in total. The van der Waals surface area contributed by atoms with Crippen molar-refractivity contribution in [3.05, 3.63) is 0 Å². The van der Waals surface area contributed by atoms with Gasteiger partial charge in [0.1, 0.15) is 0 Å². The van der Waals surface area contributed by atoms with Crippen molar-refractivity contribution in [1.82, 2.24) is 10.6 Å². The minimum absolute atomic E-state index is 0.0450. The lowest BCUT2D eigenvalue weighted by molar-refractivity contribution is -0.136. The maximum atomic E-state index is 11.2. The fourth-order valence-electron chi connectivity index (χ4n) is 0.755. The fourth-order valence-corrected chi connectivity index (χ4v) is 0.755. The van der Waals surface area contributed by atoms with E-state index in [1.807, 2.05) is 20.8 Å².